The second-order valence-corrected chi connectivity index (χ2v) is 4.78. The standard InChI is InChI=1S/C8H6ClF3N6S/c9-5-6(16-19-15-5)17-1-2-18-4(3-17)13-14-7(18)8(10,11)12/h1-3H2. The Hall–Kier alpha value is -1.42. The Balaban J connectivity index is 1.90. The van der Waals surface area contributed by atoms with Gasteiger partial charge in [0.05, 0.1) is 18.3 Å². The molecule has 0 fully saturated rings. The molecular weight excluding hydrogens is 305 g/mol. The van der Waals surface area contributed by atoms with Gasteiger partial charge in [0.1, 0.15) is 0 Å². The van der Waals surface area contributed by atoms with Crippen LogP contribution in [0, 0.1) is 0 Å². The van der Waals surface area contributed by atoms with Crippen LogP contribution in [-0.4, -0.2) is 30.1 Å². The Morgan fingerprint density at radius 2 is 1.95 bits per heavy atom. The maximum absolute atomic E-state index is 12.7. The lowest BCUT2D eigenvalue weighted by atomic mass is 10.3. The zero-order valence-corrected chi connectivity index (χ0v) is 10.8. The van der Waals surface area contributed by atoms with Gasteiger partial charge in [0.15, 0.2) is 16.8 Å². The maximum Gasteiger partial charge on any atom is 0.451 e. The quantitative estimate of drug-likeness (QED) is 0.804. The second-order valence-electron chi connectivity index (χ2n) is 3.89. The van der Waals surface area contributed by atoms with Crippen molar-refractivity contribution >= 4 is 29.1 Å². The summed E-state index contributed by atoms with van der Waals surface area (Å²) in [6.07, 6.45) is -4.49. The van der Waals surface area contributed by atoms with Crippen molar-refractivity contribution in [2.45, 2.75) is 19.3 Å². The van der Waals surface area contributed by atoms with Crippen LogP contribution in [0.1, 0.15) is 11.6 Å². The van der Waals surface area contributed by atoms with Crippen LogP contribution in [0.4, 0.5) is 19.0 Å². The number of hydrogen-bond acceptors (Lipinski definition) is 6. The van der Waals surface area contributed by atoms with E-state index in [1.807, 2.05) is 0 Å². The van der Waals surface area contributed by atoms with Gasteiger partial charge in [0.2, 0.25) is 5.82 Å². The number of rotatable bonds is 1. The van der Waals surface area contributed by atoms with Crippen molar-refractivity contribution in [2.75, 3.05) is 11.4 Å². The number of anilines is 1. The number of hydrogen-bond donors (Lipinski definition) is 0. The predicted octanol–water partition coefficient (Wildman–Crippen LogP) is 1.82. The molecular formula is C8H6ClF3N6S. The third-order valence-corrected chi connectivity index (χ3v) is 3.61. The fourth-order valence-corrected chi connectivity index (χ4v) is 2.69. The van der Waals surface area contributed by atoms with Crippen LogP contribution < -0.4 is 4.90 Å². The van der Waals surface area contributed by atoms with Gasteiger partial charge >= 0.3 is 6.18 Å². The van der Waals surface area contributed by atoms with Crippen LogP contribution in [0.25, 0.3) is 0 Å². The van der Waals surface area contributed by atoms with E-state index in [1.54, 1.807) is 4.90 Å². The molecule has 2 aromatic rings. The summed E-state index contributed by atoms with van der Waals surface area (Å²) < 4.78 is 46.9. The van der Waals surface area contributed by atoms with Gasteiger partial charge in [-0.05, 0) is 0 Å². The highest BCUT2D eigenvalue weighted by molar-refractivity contribution is 6.99. The van der Waals surface area contributed by atoms with E-state index in [1.165, 1.54) is 0 Å². The third-order valence-electron chi connectivity index (χ3n) is 2.74. The lowest BCUT2D eigenvalue weighted by molar-refractivity contribution is -0.147. The van der Waals surface area contributed by atoms with Crippen LogP contribution in [0.3, 0.4) is 0 Å². The molecule has 3 heterocycles. The number of alkyl halides is 3. The summed E-state index contributed by atoms with van der Waals surface area (Å²) in [5.41, 5.74) is 0. The van der Waals surface area contributed by atoms with Crippen molar-refractivity contribution in [3.63, 3.8) is 0 Å². The first kappa shape index (κ1) is 12.6. The Bertz CT molecular complexity index is 608. The van der Waals surface area contributed by atoms with Gasteiger partial charge in [0, 0.05) is 13.1 Å². The van der Waals surface area contributed by atoms with E-state index in [-0.39, 0.29) is 24.1 Å². The molecule has 102 valence electrons. The van der Waals surface area contributed by atoms with Crippen molar-refractivity contribution in [1.29, 1.82) is 0 Å². The molecule has 2 aromatic heterocycles. The van der Waals surface area contributed by atoms with Crippen LogP contribution >= 0.6 is 23.3 Å². The molecule has 0 radical (unpaired) electrons. The lowest BCUT2D eigenvalue weighted by Gasteiger charge is -2.27. The molecule has 1 aliphatic heterocycles. The highest BCUT2D eigenvalue weighted by Gasteiger charge is 2.39. The van der Waals surface area contributed by atoms with E-state index in [4.69, 9.17) is 11.6 Å². The molecule has 0 aliphatic carbocycles. The van der Waals surface area contributed by atoms with E-state index >= 15 is 0 Å². The smallest absolute Gasteiger partial charge is 0.344 e. The Labute approximate surface area is 114 Å². The highest BCUT2D eigenvalue weighted by atomic mass is 35.5. The van der Waals surface area contributed by atoms with Crippen molar-refractivity contribution in [3.8, 4) is 0 Å². The second kappa shape index (κ2) is 4.30. The molecule has 1 aliphatic rings. The van der Waals surface area contributed by atoms with Crippen LogP contribution in [-0.2, 0) is 19.3 Å². The normalized spacial score (nSPS) is 15.7. The van der Waals surface area contributed by atoms with E-state index < -0.39 is 12.0 Å². The first-order chi connectivity index (χ1) is 8.97. The van der Waals surface area contributed by atoms with E-state index in [0.717, 1.165) is 16.3 Å². The number of nitrogens with zero attached hydrogens (tertiary/aromatic N) is 6. The molecule has 0 atom stereocenters. The van der Waals surface area contributed by atoms with Crippen LogP contribution in [0.15, 0.2) is 0 Å². The summed E-state index contributed by atoms with van der Waals surface area (Å²) >= 11 is 6.80. The lowest BCUT2D eigenvalue weighted by Crippen LogP contribution is -2.35. The number of halogens is 4. The maximum atomic E-state index is 12.7. The monoisotopic (exact) mass is 310 g/mol. The molecule has 0 spiro atoms. The number of aromatic nitrogens is 5. The molecule has 19 heavy (non-hydrogen) atoms. The summed E-state index contributed by atoms with van der Waals surface area (Å²) in [6.45, 7) is 0.651. The SMILES string of the molecule is FC(F)(F)c1nnc2n1CCN(c1nsnc1Cl)C2. The Kier molecular flexibility index (Phi) is 2.86. The molecule has 0 N–H and O–H groups in total. The first-order valence-corrected chi connectivity index (χ1v) is 6.30. The molecule has 0 amide bonds. The highest BCUT2D eigenvalue weighted by Crippen LogP contribution is 2.31. The minimum Gasteiger partial charge on any atom is -0.344 e. The molecule has 0 saturated carbocycles. The van der Waals surface area contributed by atoms with Gasteiger partial charge in [-0.1, -0.05) is 11.6 Å². The average Bonchev–Trinajstić information content (AvgIpc) is 2.92. The van der Waals surface area contributed by atoms with Crippen LogP contribution in [0.2, 0.25) is 5.15 Å². The average molecular weight is 311 g/mol. The predicted molar refractivity (Wildman–Crippen MR) is 61.0 cm³/mol. The molecule has 6 nitrogen and oxygen atoms in total. The largest absolute Gasteiger partial charge is 0.451 e. The van der Waals surface area contributed by atoms with Gasteiger partial charge in [0.25, 0.3) is 0 Å². The van der Waals surface area contributed by atoms with Gasteiger partial charge < -0.3 is 9.47 Å². The molecule has 11 heteroatoms. The zero-order valence-electron chi connectivity index (χ0n) is 9.22. The van der Waals surface area contributed by atoms with E-state index in [9.17, 15) is 13.2 Å². The molecule has 0 aromatic carbocycles. The first-order valence-electron chi connectivity index (χ1n) is 5.19. The third kappa shape index (κ3) is 2.14. The Morgan fingerprint density at radius 3 is 2.58 bits per heavy atom. The van der Waals surface area contributed by atoms with E-state index in [0.29, 0.717) is 12.4 Å². The van der Waals surface area contributed by atoms with Crippen molar-refractivity contribution in [1.82, 2.24) is 23.5 Å². The van der Waals surface area contributed by atoms with Gasteiger partial charge in [-0.25, -0.2) is 0 Å². The summed E-state index contributed by atoms with van der Waals surface area (Å²) in [5, 5.41) is 7.02. The van der Waals surface area contributed by atoms with Crippen molar-refractivity contribution < 1.29 is 13.2 Å². The van der Waals surface area contributed by atoms with E-state index in [2.05, 4.69) is 18.9 Å². The topological polar surface area (TPSA) is 59.7 Å². The molecule has 0 unspecified atom stereocenters. The molecule has 0 saturated heterocycles. The minimum absolute atomic E-state index is 0.130. The molecule has 3 rings (SSSR count). The number of fused-ring (bicyclic) bond motifs is 1. The fourth-order valence-electron chi connectivity index (χ4n) is 1.91. The van der Waals surface area contributed by atoms with Crippen molar-refractivity contribution in [3.05, 3.63) is 16.8 Å². The minimum atomic E-state index is -4.49. The summed E-state index contributed by atoms with van der Waals surface area (Å²) in [5.74, 6) is -0.262. The van der Waals surface area contributed by atoms with Gasteiger partial charge in [-0.2, -0.15) is 21.9 Å². The van der Waals surface area contributed by atoms with Gasteiger partial charge in [-0.3, -0.25) is 0 Å². The summed E-state index contributed by atoms with van der Waals surface area (Å²) in [6, 6.07) is 0. The Morgan fingerprint density at radius 1 is 1.16 bits per heavy atom. The zero-order chi connectivity index (χ0) is 13.6. The van der Waals surface area contributed by atoms with Gasteiger partial charge in [-0.15, -0.1) is 10.2 Å². The molecule has 0 bridgehead atoms. The van der Waals surface area contributed by atoms with Crippen LogP contribution in [0.5, 0.6) is 0 Å². The summed E-state index contributed by atoms with van der Waals surface area (Å²) in [4.78, 5) is 1.73. The van der Waals surface area contributed by atoms with Crippen molar-refractivity contribution in [2.24, 2.45) is 0 Å². The summed E-state index contributed by atoms with van der Waals surface area (Å²) in [7, 11) is 0. The fraction of sp³-hybridized carbons (Fsp3) is 0.500.